The molecule has 8 unspecified atom stereocenters. The second-order valence-corrected chi connectivity index (χ2v) is 18.0. The first-order valence-electron chi connectivity index (χ1n) is 17.4. The summed E-state index contributed by atoms with van der Waals surface area (Å²) >= 11 is 2.46. The minimum atomic E-state index is -0.885. The first kappa shape index (κ1) is 37.3. The van der Waals surface area contributed by atoms with E-state index in [1.54, 1.807) is 24.6 Å². The zero-order chi connectivity index (χ0) is 37.2. The van der Waals surface area contributed by atoms with Crippen LogP contribution < -0.4 is 21.3 Å². The van der Waals surface area contributed by atoms with Crippen molar-refractivity contribution in [3.05, 3.63) is 68.1 Å². The van der Waals surface area contributed by atoms with E-state index in [0.29, 0.717) is 35.0 Å². The van der Waals surface area contributed by atoms with Crippen LogP contribution in [0.25, 0.3) is 0 Å². The van der Waals surface area contributed by atoms with Crippen LogP contribution in [0.5, 0.6) is 0 Å². The summed E-state index contributed by atoms with van der Waals surface area (Å²) in [6.07, 6.45) is -0.198. The molecule has 7 rings (SSSR count). The van der Waals surface area contributed by atoms with Gasteiger partial charge >= 0.3 is 0 Å². The smallest absolute Gasteiger partial charge is 0.280 e. The highest BCUT2D eigenvalue weighted by molar-refractivity contribution is 8.76. The molecule has 4 N–H and O–H groups in total. The zero-order valence-electron chi connectivity index (χ0n) is 29.4. The molecule has 6 heterocycles. The average molecular weight is 797 g/mol. The van der Waals surface area contributed by atoms with Gasteiger partial charge in [-0.25, -0.2) is 20.0 Å². The van der Waals surface area contributed by atoms with Crippen LogP contribution in [0.15, 0.2) is 51.1 Å². The molecule has 4 amide bonds. The van der Waals surface area contributed by atoms with Crippen LogP contribution in [0.3, 0.4) is 0 Å². The zero-order valence-corrected chi connectivity index (χ0v) is 32.7. The Hall–Kier alpha value is -4.00. The van der Waals surface area contributed by atoms with Crippen LogP contribution in [0.4, 0.5) is 0 Å². The Morgan fingerprint density at radius 1 is 0.755 bits per heavy atom. The highest BCUT2D eigenvalue weighted by Crippen LogP contribution is 2.31. The molecular formula is C35H40N8O6S4. The molecule has 0 radical (unpaired) electrons. The van der Waals surface area contributed by atoms with E-state index in [0.717, 1.165) is 5.56 Å². The lowest BCUT2D eigenvalue weighted by Gasteiger charge is -2.22. The molecule has 280 valence electrons. The number of hydrogen-bond acceptors (Lipinski definition) is 14. The molecule has 0 fully saturated rings. The Morgan fingerprint density at radius 3 is 1.98 bits per heavy atom. The standard InChI is InChI=1S/C35H40N8O6S4/c1-16(2)10-20-22-12-51-35(40-22)31(47)39-25-15-53-52-14-24(32-42-26(17(3)48-32)29(45)36-20)38-28(44)23-13-50-34(41-23)21(11-19-8-6-5-7-9-19)37-30(46)27-18(4)49-33(25)43-27/h5-9,12-13,16-18,20-21,24-27H,10-11,14-15H2,1-4H3,(H,36,45)(H,37,46)(H,38,44)(H,39,47). The van der Waals surface area contributed by atoms with Gasteiger partial charge in [0.15, 0.2) is 17.1 Å². The molecule has 10 bridgehead atoms. The van der Waals surface area contributed by atoms with E-state index in [9.17, 15) is 19.2 Å². The number of rotatable bonds is 4. The number of amides is 4. The summed E-state index contributed by atoms with van der Waals surface area (Å²) in [5.74, 6) is -0.223. The van der Waals surface area contributed by atoms with E-state index in [4.69, 9.17) is 19.5 Å². The molecule has 8 atom stereocenters. The van der Waals surface area contributed by atoms with Crippen LogP contribution in [0.2, 0.25) is 0 Å². The number of benzene rings is 1. The molecule has 4 aliphatic heterocycles. The van der Waals surface area contributed by atoms with Crippen molar-refractivity contribution in [2.24, 2.45) is 15.9 Å². The number of thiazole rings is 2. The maximum absolute atomic E-state index is 13.9. The lowest BCUT2D eigenvalue weighted by molar-refractivity contribution is -0.125. The summed E-state index contributed by atoms with van der Waals surface area (Å²) < 4.78 is 12.4. The minimum Gasteiger partial charge on any atom is -0.474 e. The SMILES string of the molecule is CC(C)CC1NC(=O)C2N=C(OC2C)C2CSSCC(NC(=O)c3nc1cs3)C1=NC(C(=O)NC(Cc3ccccc3)c3nc(cs3)C(=O)N2)C(C)O1. The molecule has 0 aliphatic carbocycles. The molecule has 18 heteroatoms. The highest BCUT2D eigenvalue weighted by atomic mass is 33.1. The van der Waals surface area contributed by atoms with Crippen LogP contribution in [0, 0.1) is 5.92 Å². The summed E-state index contributed by atoms with van der Waals surface area (Å²) in [5.41, 5.74) is 1.72. The third kappa shape index (κ3) is 8.55. The predicted octanol–water partition coefficient (Wildman–Crippen LogP) is 3.88. The maximum atomic E-state index is 13.9. The second kappa shape index (κ2) is 16.2. The van der Waals surface area contributed by atoms with E-state index in [1.807, 2.05) is 44.2 Å². The summed E-state index contributed by atoms with van der Waals surface area (Å²) in [4.78, 5) is 74.0. The number of aliphatic imine (C=N–C) groups is 2. The minimum absolute atomic E-state index is 0.184. The van der Waals surface area contributed by atoms with Gasteiger partial charge in [0, 0.05) is 22.3 Å². The van der Waals surface area contributed by atoms with Crippen molar-refractivity contribution in [1.29, 1.82) is 0 Å². The van der Waals surface area contributed by atoms with Gasteiger partial charge in [0.05, 0.1) is 17.8 Å². The first-order valence-corrected chi connectivity index (χ1v) is 21.7. The molecule has 53 heavy (non-hydrogen) atoms. The van der Waals surface area contributed by atoms with Crippen LogP contribution in [-0.4, -0.2) is 93.3 Å². The molecule has 2 aromatic heterocycles. The lowest BCUT2D eigenvalue weighted by Crippen LogP contribution is -2.44. The van der Waals surface area contributed by atoms with Crippen molar-refractivity contribution < 1.29 is 28.7 Å². The summed E-state index contributed by atoms with van der Waals surface area (Å²) in [6.45, 7) is 7.64. The number of nitrogens with one attached hydrogen (secondary N) is 4. The summed E-state index contributed by atoms with van der Waals surface area (Å²) in [5, 5.41) is 16.5. The number of hydrogen-bond donors (Lipinski definition) is 4. The van der Waals surface area contributed by atoms with E-state index in [-0.39, 0.29) is 40.2 Å². The fraction of sp³-hybridized carbons (Fsp3) is 0.486. The van der Waals surface area contributed by atoms with Crippen molar-refractivity contribution >= 4 is 79.7 Å². The number of fused-ring (bicyclic) bond motifs is 13. The Labute approximate surface area is 322 Å². The quantitative estimate of drug-likeness (QED) is 0.283. The Balaban J connectivity index is 1.29. The van der Waals surface area contributed by atoms with Gasteiger partial charge in [0.2, 0.25) is 23.6 Å². The van der Waals surface area contributed by atoms with Gasteiger partial charge < -0.3 is 30.7 Å². The first-order chi connectivity index (χ1) is 25.5. The average Bonchev–Trinajstić information content (AvgIpc) is 3.94. The maximum Gasteiger partial charge on any atom is 0.280 e. The van der Waals surface area contributed by atoms with Crippen LogP contribution >= 0.6 is 44.3 Å². The molecular weight excluding hydrogens is 757 g/mol. The van der Waals surface area contributed by atoms with Crippen molar-refractivity contribution in [3.63, 3.8) is 0 Å². The van der Waals surface area contributed by atoms with Gasteiger partial charge in [-0.1, -0.05) is 65.8 Å². The predicted molar refractivity (Wildman–Crippen MR) is 207 cm³/mol. The lowest BCUT2D eigenvalue weighted by atomic mass is 10.0. The highest BCUT2D eigenvalue weighted by Gasteiger charge is 2.41. The number of nitrogens with zero attached hydrogens (tertiary/aromatic N) is 4. The van der Waals surface area contributed by atoms with Gasteiger partial charge in [-0.2, -0.15) is 0 Å². The van der Waals surface area contributed by atoms with Crippen molar-refractivity contribution in [2.45, 2.75) is 89.0 Å². The van der Waals surface area contributed by atoms with Gasteiger partial charge in [-0.05, 0) is 38.2 Å². The van der Waals surface area contributed by atoms with Gasteiger partial charge in [-0.3, -0.25) is 19.2 Å². The summed E-state index contributed by atoms with van der Waals surface area (Å²) in [7, 11) is 2.85. The normalized spacial score (nSPS) is 29.3. The van der Waals surface area contributed by atoms with Gasteiger partial charge in [0.25, 0.3) is 11.8 Å². The molecule has 3 aromatic rings. The molecule has 0 saturated heterocycles. The Kier molecular flexibility index (Phi) is 11.4. The fourth-order valence-corrected chi connectivity index (χ4v) is 10.3. The topological polar surface area (TPSA) is 185 Å². The molecule has 14 nitrogen and oxygen atoms in total. The molecule has 4 aliphatic rings. The van der Waals surface area contributed by atoms with Crippen molar-refractivity contribution in [1.82, 2.24) is 31.2 Å². The van der Waals surface area contributed by atoms with Gasteiger partial charge in [0.1, 0.15) is 35.0 Å². The number of ether oxygens (including phenoxy) is 2. The third-order valence-corrected chi connectivity index (χ3v) is 13.3. The van der Waals surface area contributed by atoms with Crippen LogP contribution in [-0.2, 0) is 25.5 Å². The van der Waals surface area contributed by atoms with Gasteiger partial charge in [-0.15, -0.1) is 22.7 Å². The Bertz CT molecular complexity index is 1920. The fourth-order valence-electron chi connectivity index (χ4n) is 6.37. The number of carbonyl (C=O) groups is 4. The van der Waals surface area contributed by atoms with E-state index in [1.165, 1.54) is 44.3 Å². The van der Waals surface area contributed by atoms with E-state index in [2.05, 4.69) is 31.2 Å². The molecule has 0 spiro atoms. The van der Waals surface area contributed by atoms with Crippen LogP contribution in [0.1, 0.15) is 82.8 Å². The van der Waals surface area contributed by atoms with E-state index < -0.39 is 60.3 Å². The summed E-state index contributed by atoms with van der Waals surface area (Å²) in [6, 6.07) is 5.50. The number of carbonyl (C=O) groups excluding carboxylic acids is 4. The van der Waals surface area contributed by atoms with Crippen molar-refractivity contribution in [2.75, 3.05) is 11.5 Å². The monoisotopic (exact) mass is 796 g/mol. The molecule has 0 saturated carbocycles. The van der Waals surface area contributed by atoms with Crippen molar-refractivity contribution in [3.8, 4) is 0 Å². The number of aromatic nitrogens is 2. The van der Waals surface area contributed by atoms with E-state index >= 15 is 0 Å². The third-order valence-electron chi connectivity index (χ3n) is 9.08. The molecule has 1 aromatic carbocycles. The second-order valence-electron chi connectivity index (χ2n) is 13.7. The Morgan fingerprint density at radius 2 is 1.36 bits per heavy atom. The largest absolute Gasteiger partial charge is 0.474 e.